The first-order valence-corrected chi connectivity index (χ1v) is 11.6. The fourth-order valence-electron chi connectivity index (χ4n) is 3.76. The zero-order chi connectivity index (χ0) is 22.7. The Morgan fingerprint density at radius 1 is 1.06 bits per heavy atom. The number of nitrogens with one attached hydrogen (secondary N) is 1. The molecule has 1 aliphatic rings. The average Bonchev–Trinajstić information content (AvgIpc) is 2.80. The van der Waals surface area contributed by atoms with Gasteiger partial charge >= 0.3 is 0 Å². The van der Waals surface area contributed by atoms with Crippen LogP contribution in [0.4, 0.5) is 15.8 Å². The summed E-state index contributed by atoms with van der Waals surface area (Å²) in [5, 5.41) is 2.84. The van der Waals surface area contributed by atoms with Crippen LogP contribution in [0.15, 0.2) is 71.6 Å². The molecule has 0 saturated heterocycles. The lowest BCUT2D eigenvalue weighted by molar-refractivity contribution is -0.115. The number of methoxy groups -OCH3 is 1. The summed E-state index contributed by atoms with van der Waals surface area (Å²) >= 11 is 0. The molecule has 32 heavy (non-hydrogen) atoms. The minimum atomic E-state index is -3.72. The van der Waals surface area contributed by atoms with Crippen LogP contribution in [0, 0.1) is 5.82 Å². The highest BCUT2D eigenvalue weighted by molar-refractivity contribution is 7.92. The van der Waals surface area contributed by atoms with Gasteiger partial charge in [-0.25, -0.2) is 12.8 Å². The van der Waals surface area contributed by atoms with Gasteiger partial charge < -0.3 is 10.1 Å². The van der Waals surface area contributed by atoms with E-state index in [0.29, 0.717) is 42.1 Å². The van der Waals surface area contributed by atoms with E-state index in [1.165, 1.54) is 35.7 Å². The molecular formula is C24H23FN2O4S. The molecule has 166 valence electrons. The topological polar surface area (TPSA) is 75.7 Å². The van der Waals surface area contributed by atoms with E-state index in [2.05, 4.69) is 5.32 Å². The third-order valence-corrected chi connectivity index (χ3v) is 7.19. The molecule has 0 fully saturated rings. The van der Waals surface area contributed by atoms with Crippen molar-refractivity contribution in [3.63, 3.8) is 0 Å². The van der Waals surface area contributed by atoms with Gasteiger partial charge in [-0.2, -0.15) is 0 Å². The Morgan fingerprint density at radius 2 is 1.78 bits per heavy atom. The molecule has 1 aliphatic heterocycles. The number of fused-ring (bicyclic) bond motifs is 1. The maximum absolute atomic E-state index is 13.2. The summed E-state index contributed by atoms with van der Waals surface area (Å²) in [7, 11) is -2.19. The summed E-state index contributed by atoms with van der Waals surface area (Å²) in [5.74, 6) is 0.0112. The van der Waals surface area contributed by atoms with Gasteiger partial charge in [-0.15, -0.1) is 0 Å². The van der Waals surface area contributed by atoms with E-state index in [1.54, 1.807) is 36.4 Å². The molecule has 0 spiro atoms. The van der Waals surface area contributed by atoms with Gasteiger partial charge in [0.05, 0.1) is 24.1 Å². The molecular weight excluding hydrogens is 431 g/mol. The first-order chi connectivity index (χ1) is 15.4. The van der Waals surface area contributed by atoms with Gasteiger partial charge in [-0.1, -0.05) is 12.1 Å². The standard InChI is InChI=1S/C24H23FN2O4S/c1-31-21-9-11-22(12-10-21)32(29,30)27-14-2-3-18-16-20(8-13-23(18)27)26-24(28)15-17-4-6-19(25)7-5-17/h4-13,16H,2-3,14-15H2,1H3,(H,26,28). The monoisotopic (exact) mass is 454 g/mol. The maximum atomic E-state index is 13.2. The normalized spacial score (nSPS) is 13.4. The van der Waals surface area contributed by atoms with Crippen molar-refractivity contribution in [1.82, 2.24) is 0 Å². The zero-order valence-corrected chi connectivity index (χ0v) is 18.4. The van der Waals surface area contributed by atoms with E-state index < -0.39 is 10.0 Å². The number of benzene rings is 3. The number of anilines is 2. The minimum absolute atomic E-state index is 0.120. The predicted octanol–water partition coefficient (Wildman–Crippen LogP) is 4.16. The molecule has 8 heteroatoms. The van der Waals surface area contributed by atoms with Crippen LogP contribution in [-0.4, -0.2) is 28.0 Å². The molecule has 6 nitrogen and oxygen atoms in total. The van der Waals surface area contributed by atoms with Gasteiger partial charge in [0.2, 0.25) is 5.91 Å². The van der Waals surface area contributed by atoms with Gasteiger partial charge in [0.25, 0.3) is 10.0 Å². The molecule has 1 amide bonds. The van der Waals surface area contributed by atoms with Crippen molar-refractivity contribution in [1.29, 1.82) is 0 Å². The molecule has 0 aromatic heterocycles. The molecule has 1 N–H and O–H groups in total. The smallest absolute Gasteiger partial charge is 0.264 e. The largest absolute Gasteiger partial charge is 0.497 e. The first-order valence-electron chi connectivity index (χ1n) is 10.2. The van der Waals surface area contributed by atoms with E-state index in [9.17, 15) is 17.6 Å². The number of hydrogen-bond acceptors (Lipinski definition) is 4. The average molecular weight is 455 g/mol. The van der Waals surface area contributed by atoms with Crippen molar-refractivity contribution < 1.29 is 22.3 Å². The Hall–Kier alpha value is -3.39. The van der Waals surface area contributed by atoms with Crippen LogP contribution in [0.3, 0.4) is 0 Å². The number of rotatable bonds is 6. The Balaban J connectivity index is 1.53. The molecule has 3 aromatic rings. The number of ether oxygens (including phenoxy) is 1. The van der Waals surface area contributed by atoms with Crippen LogP contribution >= 0.6 is 0 Å². The second-order valence-electron chi connectivity index (χ2n) is 7.55. The molecule has 0 saturated carbocycles. The summed E-state index contributed by atoms with van der Waals surface area (Å²) in [6.07, 6.45) is 1.51. The van der Waals surface area contributed by atoms with Gasteiger partial charge in [-0.3, -0.25) is 9.10 Å². The van der Waals surface area contributed by atoms with E-state index in [0.717, 1.165) is 5.56 Å². The van der Waals surface area contributed by atoms with Crippen LogP contribution in [0.25, 0.3) is 0 Å². The Morgan fingerprint density at radius 3 is 2.47 bits per heavy atom. The number of carbonyl (C=O) groups excluding carboxylic acids is 1. The van der Waals surface area contributed by atoms with Crippen LogP contribution in [-0.2, 0) is 27.7 Å². The van der Waals surface area contributed by atoms with Gasteiger partial charge in [0.15, 0.2) is 0 Å². The Labute approximate surface area is 186 Å². The lowest BCUT2D eigenvalue weighted by atomic mass is 10.0. The molecule has 3 aromatic carbocycles. The fourth-order valence-corrected chi connectivity index (χ4v) is 5.30. The highest BCUT2D eigenvalue weighted by atomic mass is 32.2. The molecule has 1 heterocycles. The number of nitrogens with zero attached hydrogens (tertiary/aromatic N) is 1. The van der Waals surface area contributed by atoms with Gasteiger partial charge in [0, 0.05) is 12.2 Å². The molecule has 0 aliphatic carbocycles. The molecule has 0 unspecified atom stereocenters. The third-order valence-electron chi connectivity index (χ3n) is 5.36. The van der Waals surface area contributed by atoms with Crippen molar-refractivity contribution in [2.24, 2.45) is 0 Å². The molecule has 0 atom stereocenters. The van der Waals surface area contributed by atoms with E-state index >= 15 is 0 Å². The van der Waals surface area contributed by atoms with Crippen LogP contribution in [0.1, 0.15) is 17.5 Å². The van der Waals surface area contributed by atoms with E-state index in [-0.39, 0.29) is 23.0 Å². The van der Waals surface area contributed by atoms with Gasteiger partial charge in [0.1, 0.15) is 11.6 Å². The molecule has 0 radical (unpaired) electrons. The Kier molecular flexibility index (Phi) is 6.14. The number of sulfonamides is 1. The maximum Gasteiger partial charge on any atom is 0.264 e. The fraction of sp³-hybridized carbons (Fsp3) is 0.208. The molecule has 0 bridgehead atoms. The third kappa shape index (κ3) is 4.60. The Bertz CT molecular complexity index is 1230. The van der Waals surface area contributed by atoms with Crippen molar-refractivity contribution in [2.45, 2.75) is 24.2 Å². The predicted molar refractivity (Wildman–Crippen MR) is 121 cm³/mol. The molecule has 4 rings (SSSR count). The van der Waals surface area contributed by atoms with Crippen molar-refractivity contribution in [3.05, 3.63) is 83.7 Å². The summed E-state index contributed by atoms with van der Waals surface area (Å²) in [4.78, 5) is 12.6. The second kappa shape index (κ2) is 9.00. The second-order valence-corrected chi connectivity index (χ2v) is 9.41. The van der Waals surface area contributed by atoms with Crippen LogP contribution in [0.5, 0.6) is 5.75 Å². The first kappa shape index (κ1) is 21.8. The lowest BCUT2D eigenvalue weighted by Crippen LogP contribution is -2.35. The number of hydrogen-bond donors (Lipinski definition) is 1. The minimum Gasteiger partial charge on any atom is -0.497 e. The highest BCUT2D eigenvalue weighted by Crippen LogP contribution is 2.34. The highest BCUT2D eigenvalue weighted by Gasteiger charge is 2.29. The van der Waals surface area contributed by atoms with Crippen LogP contribution < -0.4 is 14.4 Å². The number of amides is 1. The van der Waals surface area contributed by atoms with Gasteiger partial charge in [-0.05, 0) is 78.6 Å². The van der Waals surface area contributed by atoms with Crippen molar-refractivity contribution in [2.75, 3.05) is 23.3 Å². The summed E-state index contributed by atoms with van der Waals surface area (Å²) < 4.78 is 46.0. The summed E-state index contributed by atoms with van der Waals surface area (Å²) in [6.45, 7) is 0.387. The number of aryl methyl sites for hydroxylation is 1. The zero-order valence-electron chi connectivity index (χ0n) is 17.5. The van der Waals surface area contributed by atoms with E-state index in [1.807, 2.05) is 6.07 Å². The SMILES string of the molecule is COc1ccc(S(=O)(=O)N2CCCc3cc(NC(=O)Cc4ccc(F)cc4)ccc32)cc1. The lowest BCUT2D eigenvalue weighted by Gasteiger charge is -2.31. The van der Waals surface area contributed by atoms with Crippen LogP contribution in [0.2, 0.25) is 0 Å². The summed E-state index contributed by atoms with van der Waals surface area (Å²) in [6, 6.07) is 17.3. The van der Waals surface area contributed by atoms with Crippen molar-refractivity contribution in [3.8, 4) is 5.75 Å². The van der Waals surface area contributed by atoms with E-state index in [4.69, 9.17) is 4.74 Å². The number of halogens is 1. The van der Waals surface area contributed by atoms with Crippen molar-refractivity contribution >= 4 is 27.3 Å². The number of carbonyl (C=O) groups is 1. The summed E-state index contributed by atoms with van der Waals surface area (Å²) in [5.41, 5.74) is 2.77. The quantitative estimate of drug-likeness (QED) is 0.607.